The van der Waals surface area contributed by atoms with Crippen LogP contribution in [0.1, 0.15) is 168 Å². The third-order valence-electron chi connectivity index (χ3n) is 8.03. The van der Waals surface area contributed by atoms with E-state index in [-0.39, 0.29) is 6.61 Å². The lowest BCUT2D eigenvalue weighted by Crippen LogP contribution is -2.35. The Bertz CT molecular complexity index is 576. The maximum atomic E-state index is 9.99. The van der Waals surface area contributed by atoms with Crippen molar-refractivity contribution in [2.75, 3.05) is 26.2 Å². The summed E-state index contributed by atoms with van der Waals surface area (Å²) in [4.78, 5) is 2.38. The Balaban J connectivity index is 3.72. The summed E-state index contributed by atoms with van der Waals surface area (Å²) in [5.41, 5.74) is 0. The first-order chi connectivity index (χ1) is 20.7. The zero-order valence-electron chi connectivity index (χ0n) is 28.3. The second-order valence-corrected chi connectivity index (χ2v) is 12.3. The summed E-state index contributed by atoms with van der Waals surface area (Å²) in [5.74, 6) is 0. The van der Waals surface area contributed by atoms with Crippen molar-refractivity contribution in [2.45, 2.75) is 174 Å². The fourth-order valence-electron chi connectivity index (χ4n) is 5.30. The molecule has 3 nitrogen and oxygen atoms in total. The van der Waals surface area contributed by atoms with Crippen molar-refractivity contribution in [2.24, 2.45) is 0 Å². The molecule has 0 heterocycles. The number of hydrogen-bond donors (Lipinski definition) is 2. The summed E-state index contributed by atoms with van der Waals surface area (Å²) >= 11 is 0. The second-order valence-electron chi connectivity index (χ2n) is 12.3. The molecule has 3 heteroatoms. The van der Waals surface area contributed by atoms with Gasteiger partial charge in [0.1, 0.15) is 0 Å². The van der Waals surface area contributed by atoms with Crippen molar-refractivity contribution in [3.63, 3.8) is 0 Å². The highest BCUT2D eigenvalue weighted by molar-refractivity contribution is 4.93. The predicted molar refractivity (Wildman–Crippen MR) is 188 cm³/mol. The standard InChI is InChI=1S/C39H73NO2/c1-3-5-7-9-11-13-15-17-19-21-23-25-27-29-31-33-35-40(37-39(42)38-41)36-34-32-30-28-26-24-22-20-18-16-14-12-10-8-6-4-2/h11-14,17-20,39,41-42H,3-10,15-16,21-38H2,1-2H3. The molecule has 0 aliphatic heterocycles. The molecule has 0 saturated heterocycles. The molecule has 246 valence electrons. The van der Waals surface area contributed by atoms with Gasteiger partial charge < -0.3 is 15.1 Å². The first kappa shape index (κ1) is 40.8. The monoisotopic (exact) mass is 588 g/mol. The predicted octanol–water partition coefficient (Wildman–Crippen LogP) is 11.3. The molecule has 0 radical (unpaired) electrons. The molecule has 0 aromatic carbocycles. The van der Waals surface area contributed by atoms with Gasteiger partial charge in [-0.3, -0.25) is 0 Å². The van der Waals surface area contributed by atoms with E-state index < -0.39 is 6.10 Å². The summed E-state index contributed by atoms with van der Waals surface area (Å²) in [6.45, 7) is 7.08. The van der Waals surface area contributed by atoms with Crippen molar-refractivity contribution in [3.8, 4) is 0 Å². The zero-order chi connectivity index (χ0) is 30.6. The van der Waals surface area contributed by atoms with E-state index in [0.717, 1.165) is 25.9 Å². The van der Waals surface area contributed by atoms with E-state index in [1.165, 1.54) is 141 Å². The van der Waals surface area contributed by atoms with Gasteiger partial charge in [0.15, 0.2) is 0 Å². The van der Waals surface area contributed by atoms with Crippen LogP contribution in [-0.4, -0.2) is 47.5 Å². The highest BCUT2D eigenvalue weighted by Gasteiger charge is 2.10. The fourth-order valence-corrected chi connectivity index (χ4v) is 5.30. The molecule has 1 atom stereocenters. The Hall–Kier alpha value is -1.16. The Morgan fingerprint density at radius 1 is 0.452 bits per heavy atom. The lowest BCUT2D eigenvalue weighted by molar-refractivity contribution is 0.0579. The van der Waals surface area contributed by atoms with Crippen molar-refractivity contribution < 1.29 is 10.2 Å². The van der Waals surface area contributed by atoms with Crippen molar-refractivity contribution in [1.82, 2.24) is 4.90 Å². The van der Waals surface area contributed by atoms with Crippen LogP contribution in [0.5, 0.6) is 0 Å². The molecule has 0 fully saturated rings. The molecule has 0 aromatic rings. The van der Waals surface area contributed by atoms with E-state index in [0.29, 0.717) is 6.54 Å². The van der Waals surface area contributed by atoms with E-state index in [1.54, 1.807) is 0 Å². The summed E-state index contributed by atoms with van der Waals surface area (Å²) in [6, 6.07) is 0. The largest absolute Gasteiger partial charge is 0.394 e. The molecular weight excluding hydrogens is 514 g/mol. The zero-order valence-corrected chi connectivity index (χ0v) is 28.3. The van der Waals surface area contributed by atoms with Crippen LogP contribution in [0.15, 0.2) is 48.6 Å². The Morgan fingerprint density at radius 2 is 0.786 bits per heavy atom. The number of hydrogen-bond acceptors (Lipinski definition) is 3. The minimum atomic E-state index is -0.612. The molecule has 0 rings (SSSR count). The van der Waals surface area contributed by atoms with Crippen LogP contribution in [0, 0.1) is 0 Å². The van der Waals surface area contributed by atoms with Gasteiger partial charge >= 0.3 is 0 Å². The number of aliphatic hydroxyl groups is 2. The molecule has 0 bridgehead atoms. The third kappa shape index (κ3) is 33.3. The molecular formula is C39H73NO2. The molecule has 0 aliphatic rings. The van der Waals surface area contributed by atoms with E-state index in [2.05, 4.69) is 67.4 Å². The van der Waals surface area contributed by atoms with Gasteiger partial charge in [-0.2, -0.15) is 0 Å². The number of nitrogens with zero attached hydrogens (tertiary/aromatic N) is 1. The van der Waals surface area contributed by atoms with Gasteiger partial charge in [-0.15, -0.1) is 0 Å². The lowest BCUT2D eigenvalue weighted by atomic mass is 10.1. The average Bonchev–Trinajstić information content (AvgIpc) is 3.00. The molecule has 1 unspecified atom stereocenters. The minimum absolute atomic E-state index is 0.135. The Morgan fingerprint density at radius 3 is 1.14 bits per heavy atom. The lowest BCUT2D eigenvalue weighted by Gasteiger charge is -2.24. The van der Waals surface area contributed by atoms with Crippen LogP contribution in [0.2, 0.25) is 0 Å². The van der Waals surface area contributed by atoms with Gasteiger partial charge in [-0.1, -0.05) is 140 Å². The van der Waals surface area contributed by atoms with E-state index in [9.17, 15) is 10.2 Å². The first-order valence-corrected chi connectivity index (χ1v) is 18.4. The van der Waals surface area contributed by atoms with Gasteiger partial charge in [0.2, 0.25) is 0 Å². The number of aliphatic hydroxyl groups excluding tert-OH is 2. The molecule has 2 N–H and O–H groups in total. The SMILES string of the molecule is CCCCCC=CCC=CCCCCCCCCN(CCCCCCCCC=CCC=CCCCCC)CC(O)CO. The maximum Gasteiger partial charge on any atom is 0.0897 e. The maximum absolute atomic E-state index is 9.99. The molecule has 0 spiro atoms. The van der Waals surface area contributed by atoms with E-state index in [1.807, 2.05) is 0 Å². The van der Waals surface area contributed by atoms with Crippen molar-refractivity contribution >= 4 is 0 Å². The van der Waals surface area contributed by atoms with Gasteiger partial charge in [0.05, 0.1) is 12.7 Å². The molecule has 0 amide bonds. The number of rotatable bonds is 33. The van der Waals surface area contributed by atoms with E-state index >= 15 is 0 Å². The van der Waals surface area contributed by atoms with Crippen molar-refractivity contribution in [1.29, 1.82) is 0 Å². The van der Waals surface area contributed by atoms with Gasteiger partial charge in [-0.05, 0) is 90.1 Å². The molecule has 42 heavy (non-hydrogen) atoms. The smallest absolute Gasteiger partial charge is 0.0897 e. The highest BCUT2D eigenvalue weighted by atomic mass is 16.3. The molecule has 0 aromatic heterocycles. The average molecular weight is 588 g/mol. The minimum Gasteiger partial charge on any atom is -0.394 e. The normalized spacial score (nSPS) is 13.3. The second kappa shape index (κ2) is 36.0. The van der Waals surface area contributed by atoms with Crippen LogP contribution in [-0.2, 0) is 0 Å². The third-order valence-corrected chi connectivity index (χ3v) is 8.03. The summed E-state index contributed by atoms with van der Waals surface area (Å²) in [7, 11) is 0. The van der Waals surface area contributed by atoms with Gasteiger partial charge in [0.25, 0.3) is 0 Å². The Labute approximate surface area is 263 Å². The fraction of sp³-hybridized carbons (Fsp3) is 0.795. The van der Waals surface area contributed by atoms with Gasteiger partial charge in [-0.25, -0.2) is 0 Å². The van der Waals surface area contributed by atoms with Crippen LogP contribution in [0.4, 0.5) is 0 Å². The molecule has 0 saturated carbocycles. The summed E-state index contributed by atoms with van der Waals surface area (Å²) in [5, 5.41) is 19.3. The summed E-state index contributed by atoms with van der Waals surface area (Å²) in [6.07, 6.45) is 48.6. The Kier molecular flexibility index (Phi) is 35.0. The topological polar surface area (TPSA) is 43.7 Å². The van der Waals surface area contributed by atoms with Gasteiger partial charge in [0, 0.05) is 6.54 Å². The van der Waals surface area contributed by atoms with Crippen molar-refractivity contribution in [3.05, 3.63) is 48.6 Å². The van der Waals surface area contributed by atoms with Crippen LogP contribution >= 0.6 is 0 Å². The first-order valence-electron chi connectivity index (χ1n) is 18.4. The number of unbranched alkanes of at least 4 members (excludes halogenated alkanes) is 18. The van der Waals surface area contributed by atoms with Crippen LogP contribution < -0.4 is 0 Å². The highest BCUT2D eigenvalue weighted by Crippen LogP contribution is 2.12. The van der Waals surface area contributed by atoms with Crippen LogP contribution in [0.25, 0.3) is 0 Å². The quantitative estimate of drug-likeness (QED) is 0.0593. The number of allylic oxidation sites excluding steroid dienone is 8. The summed E-state index contributed by atoms with van der Waals surface area (Å²) < 4.78 is 0. The van der Waals surface area contributed by atoms with Crippen LogP contribution in [0.3, 0.4) is 0 Å². The van der Waals surface area contributed by atoms with E-state index in [4.69, 9.17) is 0 Å². The molecule has 0 aliphatic carbocycles.